The second-order valence-electron chi connectivity index (χ2n) is 6.66. The first-order valence-electron chi connectivity index (χ1n) is 9.04. The van der Waals surface area contributed by atoms with E-state index in [4.69, 9.17) is 16.2 Å². The molecule has 0 bridgehead atoms. The van der Waals surface area contributed by atoms with Crippen LogP contribution < -0.4 is 11.5 Å². The number of rotatable bonds is 7. The lowest BCUT2D eigenvalue weighted by Crippen LogP contribution is -2.48. The molecule has 7 nitrogen and oxygen atoms in total. The topological polar surface area (TPSA) is 102 Å². The molecule has 0 fully saturated rings. The molecule has 0 amide bonds. The molecule has 26 heavy (non-hydrogen) atoms. The Labute approximate surface area is 155 Å². The van der Waals surface area contributed by atoms with E-state index in [9.17, 15) is 0 Å². The number of ether oxygens (including phenoxy) is 1. The van der Waals surface area contributed by atoms with Gasteiger partial charge in [0.25, 0.3) is 0 Å². The van der Waals surface area contributed by atoms with Crippen molar-refractivity contribution in [1.29, 1.82) is 0 Å². The average Bonchev–Trinajstić information content (AvgIpc) is 2.63. The zero-order chi connectivity index (χ0) is 19.2. The summed E-state index contributed by atoms with van der Waals surface area (Å²) in [5.41, 5.74) is 13.0. The maximum absolute atomic E-state index is 6.34. The van der Waals surface area contributed by atoms with E-state index in [0.29, 0.717) is 12.6 Å². The normalized spacial score (nSPS) is 28.4. The maximum Gasteiger partial charge on any atom is 0.209 e. The zero-order valence-electron chi connectivity index (χ0n) is 15.9. The third-order valence-electron chi connectivity index (χ3n) is 4.77. The quantitative estimate of drug-likeness (QED) is 0.415. The lowest BCUT2D eigenvalue weighted by molar-refractivity contribution is 0.0812. The summed E-state index contributed by atoms with van der Waals surface area (Å²) in [7, 11) is 0. The van der Waals surface area contributed by atoms with Crippen molar-refractivity contribution in [2.45, 2.75) is 51.7 Å². The van der Waals surface area contributed by atoms with Crippen LogP contribution in [0.15, 0.2) is 51.8 Å². The summed E-state index contributed by atoms with van der Waals surface area (Å²) in [6, 6.07) is -0.371. The summed E-state index contributed by atoms with van der Waals surface area (Å²) in [4.78, 5) is 8.85. The number of hydrogen-bond acceptors (Lipinski definition) is 6. The molecule has 3 atom stereocenters. The number of nitrogens with zero attached hydrogens (tertiary/aromatic N) is 4. The van der Waals surface area contributed by atoms with E-state index in [1.165, 1.54) is 6.34 Å². The predicted octanol–water partition coefficient (Wildman–Crippen LogP) is 2.53. The van der Waals surface area contributed by atoms with Gasteiger partial charge in [0.05, 0.1) is 5.70 Å². The number of unbranched alkanes of at least 4 members (excludes halogenated alkanes) is 1. The van der Waals surface area contributed by atoms with Gasteiger partial charge in [0.15, 0.2) is 0 Å². The molecule has 142 valence electrons. The predicted molar refractivity (Wildman–Crippen MR) is 108 cm³/mol. The molecule has 0 saturated carbocycles. The highest BCUT2D eigenvalue weighted by Crippen LogP contribution is 2.32. The molecule has 0 radical (unpaired) electrons. The molecule has 3 unspecified atom stereocenters. The molecular weight excluding hydrogens is 328 g/mol. The van der Waals surface area contributed by atoms with Crippen LogP contribution in [0.3, 0.4) is 0 Å². The molecule has 1 aliphatic heterocycles. The molecule has 0 aromatic rings. The summed E-state index contributed by atoms with van der Waals surface area (Å²) in [6.45, 7) is 10.4. The van der Waals surface area contributed by atoms with Gasteiger partial charge in [-0.05, 0) is 31.9 Å². The van der Waals surface area contributed by atoms with E-state index in [1.807, 2.05) is 19.1 Å². The fourth-order valence-corrected chi connectivity index (χ4v) is 2.90. The Morgan fingerprint density at radius 3 is 2.88 bits per heavy atom. The molecule has 4 N–H and O–H groups in total. The molecule has 0 spiro atoms. The van der Waals surface area contributed by atoms with Crippen LogP contribution in [0.25, 0.3) is 0 Å². The van der Waals surface area contributed by atoms with Crippen molar-refractivity contribution in [3.05, 3.63) is 36.7 Å². The minimum absolute atomic E-state index is 0.0748. The molecule has 7 heteroatoms. The third kappa shape index (κ3) is 4.40. The summed E-state index contributed by atoms with van der Waals surface area (Å²) in [5, 5.41) is 5.68. The Morgan fingerprint density at radius 1 is 1.50 bits per heavy atom. The van der Waals surface area contributed by atoms with Gasteiger partial charge in [-0.1, -0.05) is 32.9 Å². The maximum atomic E-state index is 6.34. The molecule has 1 heterocycles. The SMILES string of the molecule is C=CN(N=CN)C1=CC(C)C(C)(OC2=NCN=C(CCCC)C2N)C=C1. The van der Waals surface area contributed by atoms with Crippen molar-refractivity contribution in [2.24, 2.45) is 32.5 Å². The molecule has 1 aliphatic carbocycles. The van der Waals surface area contributed by atoms with Gasteiger partial charge in [0, 0.05) is 17.8 Å². The van der Waals surface area contributed by atoms with Gasteiger partial charge in [-0.3, -0.25) is 4.99 Å². The summed E-state index contributed by atoms with van der Waals surface area (Å²) < 4.78 is 6.28. The van der Waals surface area contributed by atoms with Crippen LogP contribution in [-0.2, 0) is 4.74 Å². The minimum Gasteiger partial charge on any atom is -0.468 e. The highest BCUT2D eigenvalue weighted by atomic mass is 16.5. The second kappa shape index (κ2) is 8.80. The fourth-order valence-electron chi connectivity index (χ4n) is 2.90. The molecule has 0 aromatic carbocycles. The smallest absolute Gasteiger partial charge is 0.209 e. The molecule has 2 rings (SSSR count). The van der Waals surface area contributed by atoms with Gasteiger partial charge in [-0.15, -0.1) is 0 Å². The number of hydrazone groups is 1. The molecule has 0 aromatic heterocycles. The van der Waals surface area contributed by atoms with Crippen LogP contribution >= 0.6 is 0 Å². The first kappa shape index (κ1) is 19.9. The lowest BCUT2D eigenvalue weighted by atomic mass is 9.85. The van der Waals surface area contributed by atoms with E-state index >= 15 is 0 Å². The lowest BCUT2D eigenvalue weighted by Gasteiger charge is -2.37. The molecule has 0 saturated heterocycles. The second-order valence-corrected chi connectivity index (χ2v) is 6.66. The van der Waals surface area contributed by atoms with Gasteiger partial charge in [0.2, 0.25) is 5.90 Å². The van der Waals surface area contributed by atoms with E-state index < -0.39 is 5.60 Å². The van der Waals surface area contributed by atoms with Gasteiger partial charge in [-0.2, -0.15) is 5.10 Å². The van der Waals surface area contributed by atoms with Gasteiger partial charge < -0.3 is 16.2 Å². The Hall–Kier alpha value is -2.41. The van der Waals surface area contributed by atoms with Crippen LogP contribution in [0, 0.1) is 5.92 Å². The molecule has 2 aliphatic rings. The van der Waals surface area contributed by atoms with Crippen LogP contribution in [-0.4, -0.2) is 41.3 Å². The van der Waals surface area contributed by atoms with E-state index in [2.05, 4.69) is 41.6 Å². The highest BCUT2D eigenvalue weighted by molar-refractivity contribution is 6.09. The zero-order valence-corrected chi connectivity index (χ0v) is 15.9. The van der Waals surface area contributed by atoms with Crippen LogP contribution in [0.1, 0.15) is 40.0 Å². The summed E-state index contributed by atoms with van der Waals surface area (Å²) >= 11 is 0. The Morgan fingerprint density at radius 2 is 2.27 bits per heavy atom. The Bertz CT molecular complexity index is 663. The van der Waals surface area contributed by atoms with Crippen LogP contribution in [0.5, 0.6) is 0 Å². The minimum atomic E-state index is -0.549. The first-order valence-corrected chi connectivity index (χ1v) is 9.04. The fraction of sp³-hybridized carbons (Fsp3) is 0.526. The van der Waals surface area contributed by atoms with Gasteiger partial charge in [0.1, 0.15) is 24.7 Å². The summed E-state index contributed by atoms with van der Waals surface area (Å²) in [5.74, 6) is 0.633. The monoisotopic (exact) mass is 358 g/mol. The standard InChI is InChI=1S/C19H30N6O/c1-5-7-8-16-17(21)18(23-13-22-16)26-19(4)10-9-15(11-14(19)3)25(6-2)24-12-20/h6,9-12,14,17H,2,5,7-8,13,21H2,1,3-4H3,(H2,20,24). The number of aliphatic imine (C=N–C) groups is 2. The largest absolute Gasteiger partial charge is 0.468 e. The average molecular weight is 358 g/mol. The first-order chi connectivity index (χ1) is 12.4. The third-order valence-corrected chi connectivity index (χ3v) is 4.77. The van der Waals surface area contributed by atoms with Crippen molar-refractivity contribution >= 4 is 17.9 Å². The highest BCUT2D eigenvalue weighted by Gasteiger charge is 2.36. The van der Waals surface area contributed by atoms with Crippen LogP contribution in [0.4, 0.5) is 0 Å². The number of hydrogen-bond donors (Lipinski definition) is 2. The van der Waals surface area contributed by atoms with E-state index in [0.717, 1.165) is 30.7 Å². The number of nitrogens with two attached hydrogens (primary N) is 2. The van der Waals surface area contributed by atoms with Crippen molar-refractivity contribution < 1.29 is 4.74 Å². The van der Waals surface area contributed by atoms with Gasteiger partial charge in [-0.25, -0.2) is 10.0 Å². The van der Waals surface area contributed by atoms with Crippen molar-refractivity contribution in [3.63, 3.8) is 0 Å². The Balaban J connectivity index is 2.10. The van der Waals surface area contributed by atoms with Gasteiger partial charge >= 0.3 is 0 Å². The number of allylic oxidation sites excluding steroid dienone is 1. The Kier molecular flexibility index (Phi) is 6.74. The molecular formula is C19H30N6O. The van der Waals surface area contributed by atoms with E-state index in [1.54, 1.807) is 11.2 Å². The van der Waals surface area contributed by atoms with Crippen LogP contribution in [0.2, 0.25) is 0 Å². The van der Waals surface area contributed by atoms with E-state index in [-0.39, 0.29) is 12.0 Å². The van der Waals surface area contributed by atoms with Crippen molar-refractivity contribution in [1.82, 2.24) is 5.01 Å². The summed E-state index contributed by atoms with van der Waals surface area (Å²) in [6.07, 6.45) is 11.9. The van der Waals surface area contributed by atoms with Crippen molar-refractivity contribution in [3.8, 4) is 0 Å². The van der Waals surface area contributed by atoms with Crippen molar-refractivity contribution in [2.75, 3.05) is 6.67 Å².